The fourth-order valence-electron chi connectivity index (χ4n) is 3.28. The molecule has 1 fully saturated rings. The van der Waals surface area contributed by atoms with E-state index in [1.54, 1.807) is 18.9 Å². The standard InChI is InChI=1S/C21H22ClN3O2S/c1-26-18-9-7-16(8-10-18)20-23-24-21(25(20)13-19-6-3-11-27-19)28-14-15-4-2-5-17(22)12-15/h2,4-5,7-10,12,19H,3,6,11,13-14H2,1H3. The summed E-state index contributed by atoms with van der Waals surface area (Å²) in [5.74, 6) is 2.46. The van der Waals surface area contributed by atoms with E-state index in [9.17, 15) is 0 Å². The molecule has 5 nitrogen and oxygen atoms in total. The largest absolute Gasteiger partial charge is 0.497 e. The quantitative estimate of drug-likeness (QED) is 0.504. The van der Waals surface area contributed by atoms with E-state index in [0.717, 1.165) is 64.6 Å². The lowest BCUT2D eigenvalue weighted by molar-refractivity contribution is 0.0953. The molecule has 28 heavy (non-hydrogen) atoms. The molecule has 0 radical (unpaired) electrons. The molecule has 0 aliphatic carbocycles. The summed E-state index contributed by atoms with van der Waals surface area (Å²) < 4.78 is 13.3. The van der Waals surface area contributed by atoms with Crippen molar-refractivity contribution in [1.82, 2.24) is 14.8 Å². The Morgan fingerprint density at radius 2 is 2.07 bits per heavy atom. The van der Waals surface area contributed by atoms with Gasteiger partial charge in [-0.2, -0.15) is 0 Å². The van der Waals surface area contributed by atoms with E-state index in [-0.39, 0.29) is 6.10 Å². The number of thioether (sulfide) groups is 1. The second kappa shape index (κ2) is 8.99. The summed E-state index contributed by atoms with van der Waals surface area (Å²) in [6, 6.07) is 15.8. The third-order valence-electron chi connectivity index (χ3n) is 4.73. The van der Waals surface area contributed by atoms with Crippen LogP contribution in [0.2, 0.25) is 5.02 Å². The van der Waals surface area contributed by atoms with Crippen molar-refractivity contribution >= 4 is 23.4 Å². The Kier molecular flexibility index (Phi) is 6.20. The van der Waals surface area contributed by atoms with Crippen molar-refractivity contribution in [1.29, 1.82) is 0 Å². The Morgan fingerprint density at radius 1 is 1.21 bits per heavy atom. The zero-order chi connectivity index (χ0) is 19.3. The molecular weight excluding hydrogens is 394 g/mol. The number of rotatable bonds is 7. The van der Waals surface area contributed by atoms with E-state index in [1.165, 1.54) is 0 Å². The maximum absolute atomic E-state index is 6.11. The van der Waals surface area contributed by atoms with E-state index < -0.39 is 0 Å². The van der Waals surface area contributed by atoms with Crippen molar-refractivity contribution in [3.63, 3.8) is 0 Å². The Balaban J connectivity index is 1.60. The van der Waals surface area contributed by atoms with Crippen molar-refractivity contribution in [2.75, 3.05) is 13.7 Å². The lowest BCUT2D eigenvalue weighted by Gasteiger charge is -2.15. The first-order valence-electron chi connectivity index (χ1n) is 9.29. The second-order valence-electron chi connectivity index (χ2n) is 6.70. The molecule has 1 aliphatic heterocycles. The van der Waals surface area contributed by atoms with E-state index in [4.69, 9.17) is 21.1 Å². The van der Waals surface area contributed by atoms with Crippen LogP contribution in [-0.4, -0.2) is 34.6 Å². The lowest BCUT2D eigenvalue weighted by atomic mass is 10.2. The van der Waals surface area contributed by atoms with Crippen LogP contribution in [0.4, 0.5) is 0 Å². The summed E-state index contributed by atoms with van der Waals surface area (Å²) in [7, 11) is 1.67. The molecule has 1 atom stereocenters. The van der Waals surface area contributed by atoms with Gasteiger partial charge in [0.2, 0.25) is 0 Å². The van der Waals surface area contributed by atoms with Crippen LogP contribution in [0, 0.1) is 0 Å². The van der Waals surface area contributed by atoms with Gasteiger partial charge in [0.15, 0.2) is 11.0 Å². The van der Waals surface area contributed by atoms with Crippen molar-refractivity contribution < 1.29 is 9.47 Å². The molecule has 0 saturated carbocycles. The SMILES string of the molecule is COc1ccc(-c2nnc(SCc3cccc(Cl)c3)n2CC2CCCO2)cc1. The minimum Gasteiger partial charge on any atom is -0.497 e. The molecule has 0 amide bonds. The maximum Gasteiger partial charge on any atom is 0.191 e. The van der Waals surface area contributed by atoms with E-state index in [0.29, 0.717) is 0 Å². The zero-order valence-corrected chi connectivity index (χ0v) is 17.2. The molecular formula is C21H22ClN3O2S. The molecule has 146 valence electrons. The number of halogens is 1. The number of methoxy groups -OCH3 is 1. The highest BCUT2D eigenvalue weighted by Gasteiger charge is 2.22. The van der Waals surface area contributed by atoms with Gasteiger partial charge in [0.05, 0.1) is 19.8 Å². The molecule has 0 N–H and O–H groups in total. The van der Waals surface area contributed by atoms with Gasteiger partial charge >= 0.3 is 0 Å². The van der Waals surface area contributed by atoms with Crippen LogP contribution in [0.25, 0.3) is 11.4 Å². The Morgan fingerprint density at radius 3 is 2.79 bits per heavy atom. The minimum atomic E-state index is 0.207. The van der Waals surface area contributed by atoms with Crippen molar-refractivity contribution in [2.45, 2.75) is 36.4 Å². The topological polar surface area (TPSA) is 49.2 Å². The van der Waals surface area contributed by atoms with Gasteiger partial charge in [-0.15, -0.1) is 10.2 Å². The molecule has 2 heterocycles. The van der Waals surface area contributed by atoms with Crippen LogP contribution < -0.4 is 4.74 Å². The number of benzene rings is 2. The van der Waals surface area contributed by atoms with Gasteiger partial charge in [-0.25, -0.2) is 0 Å². The average molecular weight is 416 g/mol. The molecule has 2 aromatic carbocycles. The molecule has 4 rings (SSSR count). The fraction of sp³-hybridized carbons (Fsp3) is 0.333. The number of nitrogens with zero attached hydrogens (tertiary/aromatic N) is 3. The van der Waals surface area contributed by atoms with Crippen LogP contribution in [0.5, 0.6) is 5.75 Å². The fourth-order valence-corrected chi connectivity index (χ4v) is 4.38. The van der Waals surface area contributed by atoms with Crippen LogP contribution in [0.3, 0.4) is 0 Å². The smallest absolute Gasteiger partial charge is 0.191 e. The Bertz CT molecular complexity index is 924. The summed E-state index contributed by atoms with van der Waals surface area (Å²) in [5.41, 5.74) is 2.18. The lowest BCUT2D eigenvalue weighted by Crippen LogP contribution is -2.16. The minimum absolute atomic E-state index is 0.207. The molecule has 1 saturated heterocycles. The van der Waals surface area contributed by atoms with Gasteiger partial charge < -0.3 is 9.47 Å². The first-order valence-corrected chi connectivity index (χ1v) is 10.7. The van der Waals surface area contributed by atoms with Gasteiger partial charge in [0.25, 0.3) is 0 Å². The molecule has 1 unspecified atom stereocenters. The Labute approximate surface area is 174 Å². The first-order chi connectivity index (χ1) is 13.7. The van der Waals surface area contributed by atoms with Gasteiger partial charge in [-0.05, 0) is 54.8 Å². The van der Waals surface area contributed by atoms with Gasteiger partial charge in [0, 0.05) is 22.9 Å². The predicted molar refractivity (Wildman–Crippen MR) is 112 cm³/mol. The summed E-state index contributed by atoms with van der Waals surface area (Å²) in [4.78, 5) is 0. The predicted octanol–water partition coefficient (Wildman–Crippen LogP) is 5.08. The average Bonchev–Trinajstić information content (AvgIpc) is 3.37. The van der Waals surface area contributed by atoms with E-state index in [1.807, 2.05) is 42.5 Å². The van der Waals surface area contributed by atoms with Gasteiger partial charge in [-0.3, -0.25) is 4.57 Å². The summed E-state index contributed by atoms with van der Waals surface area (Å²) in [6.07, 6.45) is 2.38. The highest BCUT2D eigenvalue weighted by molar-refractivity contribution is 7.98. The number of aromatic nitrogens is 3. The van der Waals surface area contributed by atoms with Crippen LogP contribution in [0.15, 0.2) is 53.7 Å². The first kappa shape index (κ1) is 19.3. The van der Waals surface area contributed by atoms with E-state index in [2.05, 4.69) is 20.8 Å². The van der Waals surface area contributed by atoms with Gasteiger partial charge in [-0.1, -0.05) is 35.5 Å². The number of hydrogen-bond donors (Lipinski definition) is 0. The van der Waals surface area contributed by atoms with Crippen LogP contribution in [-0.2, 0) is 17.0 Å². The molecule has 3 aromatic rings. The van der Waals surface area contributed by atoms with Gasteiger partial charge in [0.1, 0.15) is 5.75 Å². The molecule has 0 spiro atoms. The maximum atomic E-state index is 6.11. The summed E-state index contributed by atoms with van der Waals surface area (Å²) in [5, 5.41) is 10.6. The van der Waals surface area contributed by atoms with Crippen LogP contribution >= 0.6 is 23.4 Å². The third-order valence-corrected chi connectivity index (χ3v) is 6.01. The summed E-state index contributed by atoms with van der Waals surface area (Å²) >= 11 is 7.78. The highest BCUT2D eigenvalue weighted by atomic mass is 35.5. The van der Waals surface area contributed by atoms with E-state index >= 15 is 0 Å². The third kappa shape index (κ3) is 4.51. The number of ether oxygens (including phenoxy) is 2. The molecule has 1 aromatic heterocycles. The normalized spacial score (nSPS) is 16.4. The molecule has 0 bridgehead atoms. The van der Waals surface area contributed by atoms with Crippen LogP contribution in [0.1, 0.15) is 18.4 Å². The highest BCUT2D eigenvalue weighted by Crippen LogP contribution is 2.29. The second-order valence-corrected chi connectivity index (χ2v) is 8.08. The Hall–Kier alpha value is -2.02. The van der Waals surface area contributed by atoms with Crippen molar-refractivity contribution in [3.05, 3.63) is 59.1 Å². The monoisotopic (exact) mass is 415 g/mol. The zero-order valence-electron chi connectivity index (χ0n) is 15.7. The number of hydrogen-bond acceptors (Lipinski definition) is 5. The summed E-state index contributed by atoms with van der Waals surface area (Å²) in [6.45, 7) is 1.59. The molecule has 1 aliphatic rings. The molecule has 7 heteroatoms. The van der Waals surface area contributed by atoms with Crippen molar-refractivity contribution in [2.24, 2.45) is 0 Å². The van der Waals surface area contributed by atoms with Crippen molar-refractivity contribution in [3.8, 4) is 17.1 Å².